The van der Waals surface area contributed by atoms with E-state index in [1.807, 2.05) is 24.5 Å². The Balaban J connectivity index is 1.96. The zero-order chi connectivity index (χ0) is 26.3. The first-order valence-corrected chi connectivity index (χ1v) is 11.6. The van der Waals surface area contributed by atoms with Crippen LogP contribution in [-0.2, 0) is 11.2 Å². The molecule has 192 valence electrons. The molecule has 0 unspecified atom stereocenters. The van der Waals surface area contributed by atoms with E-state index >= 15 is 0 Å². The molecule has 0 spiro atoms. The lowest BCUT2D eigenvalue weighted by molar-refractivity contribution is -0.136. The molecule has 0 aliphatic rings. The Kier molecular flexibility index (Phi) is 8.80. The van der Waals surface area contributed by atoms with Crippen molar-refractivity contribution in [3.05, 3.63) is 57.4 Å². The standard InChI is InChI=1S/C23H23F4N5O3S/c1-3-15-6-8-20(36-15)17-12-19(29-22(34)21(17)32(2)31-30-28-13-33)16-7-5-14(11-18(16)24)35-10-4-9-23(25,26)27/h5-8,11-13H,3-4,9-10H2,1-2H3,(H,29,34)(H,28,31,33). The first kappa shape index (κ1) is 26.9. The molecular weight excluding hydrogens is 502 g/mol. The van der Waals surface area contributed by atoms with Crippen molar-refractivity contribution in [2.75, 3.05) is 18.7 Å². The normalized spacial score (nSPS) is 11.6. The van der Waals surface area contributed by atoms with E-state index in [9.17, 15) is 27.2 Å². The van der Waals surface area contributed by atoms with E-state index in [-0.39, 0.29) is 35.7 Å². The number of carbonyl (C=O) groups excluding carboxylic acids is 1. The van der Waals surface area contributed by atoms with Gasteiger partial charge in [0.25, 0.3) is 5.56 Å². The molecule has 8 nitrogen and oxygen atoms in total. The highest BCUT2D eigenvalue weighted by molar-refractivity contribution is 7.15. The van der Waals surface area contributed by atoms with Gasteiger partial charge in [0, 0.05) is 40.4 Å². The SMILES string of the molecule is CCc1ccc(-c2cc(-c3ccc(OCCCC(F)(F)F)cc3F)[nH]c(=O)c2N(C)/N=N\NC=O)s1. The van der Waals surface area contributed by atoms with Crippen molar-refractivity contribution >= 4 is 23.4 Å². The Bertz CT molecular complexity index is 1290. The zero-order valence-corrected chi connectivity index (χ0v) is 20.2. The number of nitrogens with zero attached hydrogens (tertiary/aromatic N) is 3. The second-order valence-corrected chi connectivity index (χ2v) is 8.73. The number of hydrogen-bond acceptors (Lipinski definition) is 6. The van der Waals surface area contributed by atoms with Crippen LogP contribution in [-0.4, -0.2) is 31.2 Å². The van der Waals surface area contributed by atoms with Crippen LogP contribution < -0.4 is 20.7 Å². The van der Waals surface area contributed by atoms with Crippen molar-refractivity contribution < 1.29 is 27.1 Å². The van der Waals surface area contributed by atoms with Gasteiger partial charge in [0.15, 0.2) is 0 Å². The van der Waals surface area contributed by atoms with Gasteiger partial charge in [0.2, 0.25) is 6.41 Å². The third-order valence-electron chi connectivity index (χ3n) is 5.00. The van der Waals surface area contributed by atoms with Crippen molar-refractivity contribution in [2.24, 2.45) is 10.4 Å². The summed E-state index contributed by atoms with van der Waals surface area (Å²) >= 11 is 1.46. The van der Waals surface area contributed by atoms with Gasteiger partial charge in [-0.2, -0.15) is 13.2 Å². The van der Waals surface area contributed by atoms with Gasteiger partial charge in [-0.25, -0.2) is 14.8 Å². The average Bonchev–Trinajstić information content (AvgIpc) is 3.30. The number of hydrogen-bond donors (Lipinski definition) is 2. The second kappa shape index (κ2) is 11.8. The summed E-state index contributed by atoms with van der Waals surface area (Å²) in [7, 11) is 1.48. The molecule has 0 fully saturated rings. The number of ether oxygens (including phenoxy) is 1. The van der Waals surface area contributed by atoms with Crippen LogP contribution in [0.5, 0.6) is 5.75 Å². The van der Waals surface area contributed by atoms with Crippen molar-refractivity contribution in [2.45, 2.75) is 32.4 Å². The molecule has 0 radical (unpaired) electrons. The molecule has 13 heteroatoms. The number of nitrogens with one attached hydrogen (secondary N) is 2. The summed E-state index contributed by atoms with van der Waals surface area (Å²) in [6, 6.07) is 9.22. The van der Waals surface area contributed by atoms with E-state index in [0.29, 0.717) is 12.0 Å². The quantitative estimate of drug-likeness (QED) is 0.111. The van der Waals surface area contributed by atoms with Crippen molar-refractivity contribution in [3.63, 3.8) is 0 Å². The maximum atomic E-state index is 15.0. The Morgan fingerprint density at radius 2 is 1.97 bits per heavy atom. The molecule has 1 aromatic carbocycles. The number of aryl methyl sites for hydroxylation is 1. The molecule has 0 saturated carbocycles. The Hall–Kier alpha value is -3.74. The molecule has 2 N–H and O–H groups in total. The lowest BCUT2D eigenvalue weighted by atomic mass is 10.1. The molecule has 0 saturated heterocycles. The summed E-state index contributed by atoms with van der Waals surface area (Å²) in [6.07, 6.45) is -4.42. The number of pyridine rings is 1. The van der Waals surface area contributed by atoms with Crippen LogP contribution >= 0.6 is 11.3 Å². The highest BCUT2D eigenvalue weighted by Gasteiger charge is 2.26. The van der Waals surface area contributed by atoms with Crippen molar-refractivity contribution in [1.29, 1.82) is 0 Å². The number of amides is 1. The fraction of sp³-hybridized carbons (Fsp3) is 0.304. The number of H-pyrrole nitrogens is 1. The predicted octanol–water partition coefficient (Wildman–Crippen LogP) is 5.66. The molecule has 2 heterocycles. The summed E-state index contributed by atoms with van der Waals surface area (Å²) in [5.74, 6) is -0.646. The first-order chi connectivity index (χ1) is 17.1. The lowest BCUT2D eigenvalue weighted by Crippen LogP contribution is -2.22. The number of thiophene rings is 1. The Morgan fingerprint density at radius 3 is 2.61 bits per heavy atom. The number of alkyl halides is 3. The van der Waals surface area contributed by atoms with Crippen molar-refractivity contribution in [3.8, 4) is 27.4 Å². The minimum atomic E-state index is -4.28. The monoisotopic (exact) mass is 525 g/mol. The van der Waals surface area contributed by atoms with Crippen LogP contribution in [0.1, 0.15) is 24.6 Å². The molecule has 0 aliphatic heterocycles. The number of anilines is 1. The predicted molar refractivity (Wildman–Crippen MR) is 128 cm³/mol. The van der Waals surface area contributed by atoms with E-state index in [2.05, 4.69) is 15.4 Å². The minimum absolute atomic E-state index is 0.0710. The molecule has 2 aromatic heterocycles. The number of benzene rings is 1. The molecule has 3 aromatic rings. The van der Waals surface area contributed by atoms with E-state index in [1.165, 1.54) is 35.5 Å². The van der Waals surface area contributed by atoms with E-state index < -0.39 is 24.0 Å². The summed E-state index contributed by atoms with van der Waals surface area (Å²) in [5, 5.41) is 8.43. The van der Waals surface area contributed by atoms with Gasteiger partial charge in [-0.1, -0.05) is 6.92 Å². The average molecular weight is 526 g/mol. The number of aromatic amines is 1. The molecular formula is C23H23F4N5O3S. The topological polar surface area (TPSA) is 99.2 Å². The summed E-state index contributed by atoms with van der Waals surface area (Å²) in [4.78, 5) is 28.0. The highest BCUT2D eigenvalue weighted by Crippen LogP contribution is 2.36. The smallest absolute Gasteiger partial charge is 0.389 e. The number of halogens is 4. The van der Waals surface area contributed by atoms with Crippen LogP contribution in [0.2, 0.25) is 0 Å². The minimum Gasteiger partial charge on any atom is -0.493 e. The van der Waals surface area contributed by atoms with Crippen LogP contribution in [0.15, 0.2) is 51.6 Å². The number of rotatable bonds is 11. The first-order valence-electron chi connectivity index (χ1n) is 10.8. The summed E-state index contributed by atoms with van der Waals surface area (Å²) in [6.45, 7) is 1.78. The molecule has 1 amide bonds. The Morgan fingerprint density at radius 1 is 1.19 bits per heavy atom. The molecule has 0 aliphatic carbocycles. The molecule has 3 rings (SSSR count). The number of aromatic nitrogens is 1. The molecule has 0 bridgehead atoms. The van der Waals surface area contributed by atoms with E-state index in [0.717, 1.165) is 22.2 Å². The zero-order valence-electron chi connectivity index (χ0n) is 19.4. The van der Waals surface area contributed by atoms with Crippen LogP contribution in [0.3, 0.4) is 0 Å². The summed E-state index contributed by atoms with van der Waals surface area (Å²) in [5.41, 5.74) is 2.30. The fourth-order valence-corrected chi connectivity index (χ4v) is 4.31. The highest BCUT2D eigenvalue weighted by atomic mass is 32.1. The second-order valence-electron chi connectivity index (χ2n) is 7.56. The van der Waals surface area contributed by atoms with Gasteiger partial charge in [0.1, 0.15) is 17.3 Å². The summed E-state index contributed by atoms with van der Waals surface area (Å²) < 4.78 is 57.0. The lowest BCUT2D eigenvalue weighted by Gasteiger charge is -2.16. The number of carbonyl (C=O) groups is 1. The third kappa shape index (κ3) is 6.90. The third-order valence-corrected chi connectivity index (χ3v) is 6.26. The van der Waals surface area contributed by atoms with Gasteiger partial charge < -0.3 is 9.72 Å². The molecule has 0 atom stereocenters. The van der Waals surface area contributed by atoms with Gasteiger partial charge >= 0.3 is 6.18 Å². The van der Waals surface area contributed by atoms with E-state index in [1.54, 1.807) is 6.07 Å². The van der Waals surface area contributed by atoms with Crippen molar-refractivity contribution in [1.82, 2.24) is 10.4 Å². The van der Waals surface area contributed by atoms with Gasteiger partial charge in [0.05, 0.1) is 12.3 Å². The maximum Gasteiger partial charge on any atom is 0.389 e. The largest absolute Gasteiger partial charge is 0.493 e. The Labute approximate surface area is 207 Å². The van der Waals surface area contributed by atoms with E-state index in [4.69, 9.17) is 4.74 Å². The van der Waals surface area contributed by atoms with Gasteiger partial charge in [-0.15, -0.1) is 11.3 Å². The fourth-order valence-electron chi connectivity index (χ4n) is 3.35. The maximum absolute atomic E-state index is 15.0. The van der Waals surface area contributed by atoms with Crippen LogP contribution in [0, 0.1) is 5.82 Å². The van der Waals surface area contributed by atoms with Gasteiger partial charge in [-0.3, -0.25) is 9.59 Å². The molecule has 36 heavy (non-hydrogen) atoms. The van der Waals surface area contributed by atoms with Gasteiger partial charge in [-0.05, 0) is 53.6 Å². The van der Waals surface area contributed by atoms with Crippen LogP contribution in [0.25, 0.3) is 21.7 Å². The van der Waals surface area contributed by atoms with Crippen LogP contribution in [0.4, 0.5) is 23.2 Å².